The predicted molar refractivity (Wildman–Crippen MR) is 64.4 cm³/mol. The van der Waals surface area contributed by atoms with Crippen LogP contribution in [0.15, 0.2) is 15.7 Å². The molecule has 0 fully saturated rings. The van der Waals surface area contributed by atoms with Gasteiger partial charge in [0, 0.05) is 12.1 Å². The molecule has 2 rings (SSSR count). The summed E-state index contributed by atoms with van der Waals surface area (Å²) in [4.78, 5) is 3.91. The molecule has 2 heterocycles. The van der Waals surface area contributed by atoms with Gasteiger partial charge in [0.15, 0.2) is 10.9 Å². The van der Waals surface area contributed by atoms with E-state index in [0.29, 0.717) is 17.9 Å². The van der Waals surface area contributed by atoms with Crippen LogP contribution in [0, 0.1) is 6.92 Å². The van der Waals surface area contributed by atoms with Gasteiger partial charge in [-0.25, -0.2) is 13.1 Å². The second kappa shape index (κ2) is 5.47. The monoisotopic (exact) mass is 286 g/mol. The fourth-order valence-electron chi connectivity index (χ4n) is 1.49. The van der Waals surface area contributed by atoms with E-state index >= 15 is 0 Å². The standard InChI is InChI=1S/C9H14N6O3S/c1-6-13-8(18-15-6)5-12-19(16,17)9-7(3-10-2)4-11-14-9/h4,10,12H,3,5H2,1-2H3,(H,11,14). The number of hydrogen-bond donors (Lipinski definition) is 3. The average Bonchev–Trinajstić information content (AvgIpc) is 2.97. The molecule has 0 atom stereocenters. The average molecular weight is 286 g/mol. The molecule has 0 saturated carbocycles. The minimum atomic E-state index is -3.69. The topological polar surface area (TPSA) is 126 Å². The maximum Gasteiger partial charge on any atom is 0.258 e. The van der Waals surface area contributed by atoms with Crippen molar-refractivity contribution in [3.8, 4) is 0 Å². The van der Waals surface area contributed by atoms with E-state index in [1.165, 1.54) is 6.20 Å². The third-order valence-corrected chi connectivity index (χ3v) is 3.71. The Morgan fingerprint density at radius 3 is 2.84 bits per heavy atom. The van der Waals surface area contributed by atoms with Crippen molar-refractivity contribution in [3.63, 3.8) is 0 Å². The third kappa shape index (κ3) is 3.16. The van der Waals surface area contributed by atoms with E-state index in [1.54, 1.807) is 14.0 Å². The zero-order valence-electron chi connectivity index (χ0n) is 10.5. The normalized spacial score (nSPS) is 11.9. The van der Waals surface area contributed by atoms with Crippen molar-refractivity contribution in [1.29, 1.82) is 0 Å². The van der Waals surface area contributed by atoms with Crippen molar-refractivity contribution in [2.45, 2.75) is 25.0 Å². The van der Waals surface area contributed by atoms with Crippen LogP contribution in [0.25, 0.3) is 0 Å². The molecule has 0 aliphatic carbocycles. The highest BCUT2D eigenvalue weighted by atomic mass is 32.2. The number of nitrogens with one attached hydrogen (secondary N) is 3. The zero-order valence-corrected chi connectivity index (χ0v) is 11.3. The Balaban J connectivity index is 2.11. The van der Waals surface area contributed by atoms with Gasteiger partial charge >= 0.3 is 0 Å². The van der Waals surface area contributed by atoms with Gasteiger partial charge in [-0.2, -0.15) is 10.1 Å². The maximum atomic E-state index is 12.1. The molecular formula is C9H14N6O3S. The molecule has 0 saturated heterocycles. The van der Waals surface area contributed by atoms with Crippen LogP contribution in [0.1, 0.15) is 17.3 Å². The van der Waals surface area contributed by atoms with Gasteiger partial charge in [0.2, 0.25) is 5.89 Å². The maximum absolute atomic E-state index is 12.1. The summed E-state index contributed by atoms with van der Waals surface area (Å²) in [5.41, 5.74) is 0.553. The lowest BCUT2D eigenvalue weighted by molar-refractivity contribution is 0.372. The fourth-order valence-corrected chi connectivity index (χ4v) is 2.59. The second-order valence-corrected chi connectivity index (χ2v) is 5.52. The number of rotatable bonds is 6. The largest absolute Gasteiger partial charge is 0.338 e. The summed E-state index contributed by atoms with van der Waals surface area (Å²) >= 11 is 0. The van der Waals surface area contributed by atoms with Crippen LogP contribution in [-0.2, 0) is 23.1 Å². The van der Waals surface area contributed by atoms with Crippen LogP contribution in [0.5, 0.6) is 0 Å². The van der Waals surface area contributed by atoms with Crippen molar-refractivity contribution in [3.05, 3.63) is 23.5 Å². The van der Waals surface area contributed by atoms with E-state index in [1.807, 2.05) is 0 Å². The number of sulfonamides is 1. The predicted octanol–water partition coefficient (Wildman–Crippen LogP) is -0.701. The summed E-state index contributed by atoms with van der Waals surface area (Å²) in [6, 6.07) is 0. The van der Waals surface area contributed by atoms with E-state index in [2.05, 4.69) is 30.4 Å². The summed E-state index contributed by atoms with van der Waals surface area (Å²) in [6.45, 7) is 1.98. The molecule has 3 N–H and O–H groups in total. The molecule has 0 aliphatic heterocycles. The summed E-state index contributed by atoms with van der Waals surface area (Å²) in [5, 5.41) is 12.7. The smallest absolute Gasteiger partial charge is 0.258 e. The molecule has 19 heavy (non-hydrogen) atoms. The first-order valence-electron chi connectivity index (χ1n) is 5.48. The van der Waals surface area contributed by atoms with Gasteiger partial charge in [-0.3, -0.25) is 5.10 Å². The lowest BCUT2D eigenvalue weighted by atomic mass is 10.4. The quantitative estimate of drug-likeness (QED) is 0.641. The number of nitrogens with zero attached hydrogens (tertiary/aromatic N) is 3. The minimum Gasteiger partial charge on any atom is -0.338 e. The Hall–Kier alpha value is -1.78. The first kappa shape index (κ1) is 13.6. The molecule has 0 aliphatic rings. The van der Waals surface area contributed by atoms with Gasteiger partial charge in [0.25, 0.3) is 10.0 Å². The van der Waals surface area contributed by atoms with Crippen molar-refractivity contribution >= 4 is 10.0 Å². The number of aromatic nitrogens is 4. The van der Waals surface area contributed by atoms with Crippen LogP contribution in [-0.4, -0.2) is 35.8 Å². The summed E-state index contributed by atoms with van der Waals surface area (Å²) in [6.07, 6.45) is 1.46. The van der Waals surface area contributed by atoms with Crippen molar-refractivity contribution in [2.75, 3.05) is 7.05 Å². The highest BCUT2D eigenvalue weighted by Gasteiger charge is 2.21. The van der Waals surface area contributed by atoms with Crippen LogP contribution in [0.4, 0.5) is 0 Å². The third-order valence-electron chi connectivity index (χ3n) is 2.30. The van der Waals surface area contributed by atoms with Gasteiger partial charge in [-0.05, 0) is 14.0 Å². The van der Waals surface area contributed by atoms with Gasteiger partial charge in [-0.1, -0.05) is 5.16 Å². The molecule has 0 unspecified atom stereocenters. The van der Waals surface area contributed by atoms with Crippen molar-refractivity contribution < 1.29 is 12.9 Å². The fraction of sp³-hybridized carbons (Fsp3) is 0.444. The Bertz CT molecular complexity index is 646. The Kier molecular flexibility index (Phi) is 3.93. The first-order valence-corrected chi connectivity index (χ1v) is 6.97. The van der Waals surface area contributed by atoms with Crippen molar-refractivity contribution in [1.82, 2.24) is 30.4 Å². The Labute approximate surface area is 109 Å². The molecule has 0 amide bonds. The number of H-pyrrole nitrogens is 1. The van der Waals surface area contributed by atoms with Crippen molar-refractivity contribution in [2.24, 2.45) is 0 Å². The summed E-state index contributed by atoms with van der Waals surface area (Å²) in [5.74, 6) is 0.655. The van der Waals surface area contributed by atoms with Gasteiger partial charge in [0.1, 0.15) is 0 Å². The van der Waals surface area contributed by atoms with Crippen LogP contribution < -0.4 is 10.0 Å². The highest BCUT2D eigenvalue weighted by molar-refractivity contribution is 7.89. The van der Waals surface area contributed by atoms with E-state index in [9.17, 15) is 8.42 Å². The van der Waals surface area contributed by atoms with Gasteiger partial charge in [0.05, 0.1) is 12.7 Å². The van der Waals surface area contributed by atoms with Gasteiger partial charge < -0.3 is 9.84 Å². The molecule has 0 radical (unpaired) electrons. The van der Waals surface area contributed by atoms with Crippen LogP contribution in [0.2, 0.25) is 0 Å². The molecule has 104 valence electrons. The van der Waals surface area contributed by atoms with E-state index in [-0.39, 0.29) is 17.5 Å². The molecule has 9 nitrogen and oxygen atoms in total. The summed E-state index contributed by atoms with van der Waals surface area (Å²) < 4.78 is 31.3. The first-order chi connectivity index (χ1) is 9.03. The van der Waals surface area contributed by atoms with E-state index < -0.39 is 10.0 Å². The van der Waals surface area contributed by atoms with E-state index in [4.69, 9.17) is 4.52 Å². The Morgan fingerprint density at radius 2 is 2.21 bits per heavy atom. The Morgan fingerprint density at radius 1 is 1.42 bits per heavy atom. The molecule has 0 bridgehead atoms. The zero-order chi connectivity index (χ0) is 13.9. The van der Waals surface area contributed by atoms with Gasteiger partial charge in [-0.15, -0.1) is 0 Å². The summed E-state index contributed by atoms with van der Waals surface area (Å²) in [7, 11) is -1.97. The van der Waals surface area contributed by atoms with E-state index in [0.717, 1.165) is 0 Å². The minimum absolute atomic E-state index is 0.0260. The molecular weight excluding hydrogens is 272 g/mol. The SMILES string of the molecule is CNCc1cn[nH]c1S(=O)(=O)NCc1nc(C)no1. The molecule has 2 aromatic rings. The number of hydrogen-bond acceptors (Lipinski definition) is 7. The molecule has 10 heteroatoms. The molecule has 0 aromatic carbocycles. The lowest BCUT2D eigenvalue weighted by Gasteiger charge is -2.04. The highest BCUT2D eigenvalue weighted by Crippen LogP contribution is 2.11. The molecule has 2 aromatic heterocycles. The number of aromatic amines is 1. The van der Waals surface area contributed by atoms with Crippen LogP contribution in [0.3, 0.4) is 0 Å². The number of aryl methyl sites for hydroxylation is 1. The lowest BCUT2D eigenvalue weighted by Crippen LogP contribution is -2.25. The van der Waals surface area contributed by atoms with Crippen LogP contribution >= 0.6 is 0 Å². The molecule has 0 spiro atoms. The second-order valence-electron chi connectivity index (χ2n) is 3.81.